The van der Waals surface area contributed by atoms with Crippen LogP contribution in [-0.2, 0) is 24.3 Å². The summed E-state index contributed by atoms with van der Waals surface area (Å²) in [6, 6.07) is 7.10. The van der Waals surface area contributed by atoms with E-state index in [1.807, 2.05) is 0 Å². The predicted molar refractivity (Wildman–Crippen MR) is 129 cm³/mol. The number of methoxy groups -OCH3 is 2. The van der Waals surface area contributed by atoms with E-state index in [1.165, 1.54) is 51.5 Å². The van der Waals surface area contributed by atoms with Gasteiger partial charge in [0.1, 0.15) is 17.2 Å². The van der Waals surface area contributed by atoms with Crippen LogP contribution < -0.4 is 18.9 Å². The van der Waals surface area contributed by atoms with Crippen LogP contribution in [0.4, 0.5) is 0 Å². The molecule has 2 aromatic rings. The minimum absolute atomic E-state index is 0.0314. The summed E-state index contributed by atoms with van der Waals surface area (Å²) in [7, 11) is -0.946. The molecule has 0 fully saturated rings. The van der Waals surface area contributed by atoms with E-state index in [1.54, 1.807) is 20.8 Å². The third-order valence-electron chi connectivity index (χ3n) is 4.41. The fraction of sp³-hybridized carbons (Fsp3) is 0.417. The number of aldehydes is 1. The number of hydrogen-bond donors (Lipinski definition) is 1. The molecule has 10 nitrogen and oxygen atoms in total. The Balaban J connectivity index is 2.70. The molecule has 0 aromatic heterocycles. The first kappa shape index (κ1) is 28.2. The molecule has 0 aliphatic heterocycles. The summed E-state index contributed by atoms with van der Waals surface area (Å²) in [5.41, 5.74) is -0.0801. The van der Waals surface area contributed by atoms with Crippen LogP contribution in [0.25, 0.3) is 11.1 Å². The van der Waals surface area contributed by atoms with E-state index in [4.69, 9.17) is 23.7 Å². The Morgan fingerprint density at radius 1 is 1.06 bits per heavy atom. The Labute approximate surface area is 205 Å². The summed E-state index contributed by atoms with van der Waals surface area (Å²) in [6.07, 6.45) is 0.537. The number of carbonyl (C=O) groups excluding carboxylic acids is 2. The Bertz CT molecular complexity index is 1150. The highest BCUT2D eigenvalue weighted by Crippen LogP contribution is 2.42. The van der Waals surface area contributed by atoms with Crippen LogP contribution >= 0.6 is 0 Å². The van der Waals surface area contributed by atoms with E-state index >= 15 is 0 Å². The lowest BCUT2D eigenvalue weighted by Crippen LogP contribution is -2.40. The zero-order valence-corrected chi connectivity index (χ0v) is 21.5. The number of benzene rings is 2. The van der Waals surface area contributed by atoms with Gasteiger partial charge in [-0.05, 0) is 51.1 Å². The fourth-order valence-corrected chi connectivity index (χ4v) is 4.57. The van der Waals surface area contributed by atoms with Gasteiger partial charge in [0.2, 0.25) is 10.0 Å². The molecular weight excluding hydrogens is 478 g/mol. The van der Waals surface area contributed by atoms with Crippen molar-refractivity contribution in [3.63, 3.8) is 0 Å². The van der Waals surface area contributed by atoms with Crippen LogP contribution in [0, 0.1) is 0 Å². The van der Waals surface area contributed by atoms with E-state index in [9.17, 15) is 18.0 Å². The number of nitrogens with one attached hydrogen (secondary N) is 1. The molecule has 0 radical (unpaired) electrons. The number of hydrogen-bond acceptors (Lipinski definition) is 9. The molecule has 11 heteroatoms. The first-order chi connectivity index (χ1) is 16.4. The predicted octanol–water partition coefficient (Wildman–Crippen LogP) is 3.18. The maximum absolute atomic E-state index is 13.0. The third kappa shape index (κ3) is 8.03. The van der Waals surface area contributed by atoms with Crippen LogP contribution in [-0.4, -0.2) is 60.4 Å². The molecule has 0 spiro atoms. The summed E-state index contributed by atoms with van der Waals surface area (Å²) < 4.78 is 55.3. The highest BCUT2D eigenvalue weighted by molar-refractivity contribution is 7.89. The molecule has 2 rings (SSSR count). The monoisotopic (exact) mass is 509 g/mol. The number of esters is 1. The van der Waals surface area contributed by atoms with Gasteiger partial charge in [-0.2, -0.15) is 0 Å². The molecule has 0 saturated carbocycles. The smallest absolute Gasteiger partial charge is 0.308 e. The Morgan fingerprint density at radius 2 is 1.77 bits per heavy atom. The minimum atomic E-state index is -3.90. The molecule has 0 bridgehead atoms. The van der Waals surface area contributed by atoms with Gasteiger partial charge in [-0.15, -0.1) is 0 Å². The molecule has 0 heterocycles. The van der Waals surface area contributed by atoms with Gasteiger partial charge >= 0.3 is 5.97 Å². The van der Waals surface area contributed by atoms with Crippen molar-refractivity contribution in [3.05, 3.63) is 35.9 Å². The molecule has 0 aliphatic carbocycles. The largest absolute Gasteiger partial charge is 0.496 e. The summed E-state index contributed by atoms with van der Waals surface area (Å²) in [4.78, 5) is 23.4. The molecule has 0 aliphatic rings. The van der Waals surface area contributed by atoms with E-state index in [0.29, 0.717) is 24.2 Å². The van der Waals surface area contributed by atoms with Crippen molar-refractivity contribution in [2.75, 3.05) is 34.2 Å². The van der Waals surface area contributed by atoms with E-state index in [2.05, 4.69) is 4.72 Å². The second kappa shape index (κ2) is 12.1. The number of rotatable bonds is 12. The molecule has 0 unspecified atom stereocenters. The van der Waals surface area contributed by atoms with Crippen molar-refractivity contribution in [2.45, 2.75) is 38.1 Å². The SMILES string of the molecule is COCCOCOc1c(C=O)cc(OC(C)=O)cc1-c1cc(S(=O)(=O)NC(C)(C)C)ccc1OC. The van der Waals surface area contributed by atoms with Gasteiger partial charge < -0.3 is 23.7 Å². The second-order valence-electron chi connectivity index (χ2n) is 8.48. The molecular formula is C24H31NO9S. The second-order valence-corrected chi connectivity index (χ2v) is 10.2. The van der Waals surface area contributed by atoms with Gasteiger partial charge in [0.15, 0.2) is 13.1 Å². The number of sulfonamides is 1. The van der Waals surface area contributed by atoms with E-state index in [0.717, 1.165) is 0 Å². The van der Waals surface area contributed by atoms with Crippen molar-refractivity contribution < 1.29 is 41.7 Å². The normalized spacial score (nSPS) is 11.7. The van der Waals surface area contributed by atoms with Crippen LogP contribution in [0.2, 0.25) is 0 Å². The zero-order valence-electron chi connectivity index (χ0n) is 20.7. The first-order valence-electron chi connectivity index (χ1n) is 10.7. The van der Waals surface area contributed by atoms with Gasteiger partial charge in [0.25, 0.3) is 0 Å². The first-order valence-corrected chi connectivity index (χ1v) is 12.1. The Hall–Kier alpha value is -2.99. The van der Waals surface area contributed by atoms with Crippen molar-refractivity contribution in [1.82, 2.24) is 4.72 Å². The Kier molecular flexibility index (Phi) is 9.78. The molecule has 2 aromatic carbocycles. The molecule has 0 atom stereocenters. The van der Waals surface area contributed by atoms with E-state index < -0.39 is 21.5 Å². The summed E-state index contributed by atoms with van der Waals surface area (Å²) in [5.74, 6) is -0.112. The minimum Gasteiger partial charge on any atom is -0.496 e. The van der Waals surface area contributed by atoms with E-state index in [-0.39, 0.29) is 40.9 Å². The molecule has 0 amide bonds. The molecule has 1 N–H and O–H groups in total. The van der Waals surface area contributed by atoms with Crippen molar-refractivity contribution in [2.24, 2.45) is 0 Å². The highest BCUT2D eigenvalue weighted by atomic mass is 32.2. The van der Waals surface area contributed by atoms with Gasteiger partial charge in [-0.3, -0.25) is 9.59 Å². The topological polar surface area (TPSA) is 126 Å². The van der Waals surface area contributed by atoms with Gasteiger partial charge in [0.05, 0.1) is 30.8 Å². The fourth-order valence-electron chi connectivity index (χ4n) is 3.13. The Morgan fingerprint density at radius 3 is 2.34 bits per heavy atom. The maximum Gasteiger partial charge on any atom is 0.308 e. The standard InChI is InChI=1S/C24H31NO9S/c1-16(27)34-18-11-17(14-26)23(33-15-32-10-9-30-5)21(12-18)20-13-19(7-8-22(20)31-6)35(28,29)25-24(2,3)4/h7-8,11-14,25H,9-10,15H2,1-6H3. The van der Waals surface area contributed by atoms with Crippen LogP contribution in [0.1, 0.15) is 38.1 Å². The average Bonchev–Trinajstić information content (AvgIpc) is 2.76. The van der Waals surface area contributed by atoms with Gasteiger partial charge in [-0.1, -0.05) is 0 Å². The lowest BCUT2D eigenvalue weighted by Gasteiger charge is -2.21. The van der Waals surface area contributed by atoms with Crippen LogP contribution in [0.3, 0.4) is 0 Å². The van der Waals surface area contributed by atoms with Gasteiger partial charge in [0, 0.05) is 30.7 Å². The summed E-state index contributed by atoms with van der Waals surface area (Å²) >= 11 is 0. The zero-order chi connectivity index (χ0) is 26.2. The van der Waals surface area contributed by atoms with Crippen molar-refractivity contribution in [3.8, 4) is 28.4 Å². The maximum atomic E-state index is 13.0. The number of carbonyl (C=O) groups is 2. The average molecular weight is 510 g/mol. The molecule has 192 valence electrons. The summed E-state index contributed by atoms with van der Waals surface area (Å²) in [6.45, 7) is 6.78. The lowest BCUT2D eigenvalue weighted by atomic mass is 10.00. The summed E-state index contributed by atoms with van der Waals surface area (Å²) in [5, 5.41) is 0. The number of ether oxygens (including phenoxy) is 5. The highest BCUT2D eigenvalue weighted by Gasteiger charge is 2.25. The quantitative estimate of drug-likeness (QED) is 0.151. The van der Waals surface area contributed by atoms with Crippen molar-refractivity contribution in [1.29, 1.82) is 0 Å². The van der Waals surface area contributed by atoms with Crippen molar-refractivity contribution >= 4 is 22.3 Å². The lowest BCUT2D eigenvalue weighted by molar-refractivity contribution is -0.131. The molecule has 0 saturated heterocycles. The van der Waals surface area contributed by atoms with Gasteiger partial charge in [-0.25, -0.2) is 13.1 Å². The van der Waals surface area contributed by atoms with Crippen LogP contribution in [0.15, 0.2) is 35.2 Å². The third-order valence-corrected chi connectivity index (χ3v) is 6.17. The van der Waals surface area contributed by atoms with Crippen LogP contribution in [0.5, 0.6) is 17.2 Å². The molecule has 35 heavy (non-hydrogen) atoms.